The molecule has 0 atom stereocenters. The van der Waals surface area contributed by atoms with E-state index in [0.29, 0.717) is 0 Å². The van der Waals surface area contributed by atoms with Crippen LogP contribution in [0.3, 0.4) is 0 Å². The Kier molecular flexibility index (Phi) is 3.03. The summed E-state index contributed by atoms with van der Waals surface area (Å²) in [4.78, 5) is 2.23. The Bertz CT molecular complexity index is 652. The first kappa shape index (κ1) is 12.2. The zero-order valence-corrected chi connectivity index (χ0v) is 11.9. The number of hydrogen-bond acceptors (Lipinski definition) is 2. The van der Waals surface area contributed by atoms with Gasteiger partial charge in [-0.05, 0) is 36.2 Å². The average Bonchev–Trinajstić information content (AvgIpc) is 2.82. The minimum absolute atomic E-state index is 0.104. The summed E-state index contributed by atoms with van der Waals surface area (Å²) in [7, 11) is 0. The smallest absolute Gasteiger partial charge is 0.124 e. The number of amidine groups is 1. The van der Waals surface area contributed by atoms with Gasteiger partial charge in [-0.1, -0.05) is 34.1 Å². The second-order valence-electron chi connectivity index (χ2n) is 4.61. The number of hydrogen-bond donors (Lipinski definition) is 2. The molecule has 0 saturated carbocycles. The summed E-state index contributed by atoms with van der Waals surface area (Å²) >= 11 is 3.49. The summed E-state index contributed by atoms with van der Waals surface area (Å²) in [6, 6.07) is 14.2. The fourth-order valence-corrected chi connectivity index (χ4v) is 2.89. The summed E-state index contributed by atoms with van der Waals surface area (Å²) < 4.78 is 0.997. The highest BCUT2D eigenvalue weighted by Gasteiger charge is 2.22. The van der Waals surface area contributed by atoms with Gasteiger partial charge < -0.3 is 10.6 Å². The van der Waals surface area contributed by atoms with Crippen LogP contribution in [0, 0.1) is 5.41 Å². The van der Waals surface area contributed by atoms with Gasteiger partial charge in [0, 0.05) is 22.3 Å². The van der Waals surface area contributed by atoms with Gasteiger partial charge in [0.15, 0.2) is 0 Å². The van der Waals surface area contributed by atoms with Crippen molar-refractivity contribution in [3.8, 4) is 0 Å². The van der Waals surface area contributed by atoms with Crippen LogP contribution in [0.4, 0.5) is 11.4 Å². The normalized spacial score (nSPS) is 13.4. The van der Waals surface area contributed by atoms with Gasteiger partial charge in [0.2, 0.25) is 0 Å². The van der Waals surface area contributed by atoms with E-state index < -0.39 is 0 Å². The predicted molar refractivity (Wildman–Crippen MR) is 82.3 cm³/mol. The molecule has 3 rings (SSSR count). The molecular formula is C15H14BrN3. The van der Waals surface area contributed by atoms with Crippen molar-refractivity contribution >= 4 is 33.1 Å². The van der Waals surface area contributed by atoms with Crippen LogP contribution in [-0.4, -0.2) is 12.4 Å². The van der Waals surface area contributed by atoms with Crippen molar-refractivity contribution in [2.45, 2.75) is 6.42 Å². The molecular weight excluding hydrogens is 302 g/mol. The van der Waals surface area contributed by atoms with Crippen molar-refractivity contribution in [3.05, 3.63) is 58.1 Å². The average molecular weight is 316 g/mol. The van der Waals surface area contributed by atoms with Crippen LogP contribution in [0.5, 0.6) is 0 Å². The van der Waals surface area contributed by atoms with E-state index in [1.807, 2.05) is 24.3 Å². The number of nitrogens with one attached hydrogen (secondary N) is 1. The largest absolute Gasteiger partial charge is 0.384 e. The first-order valence-electron chi connectivity index (χ1n) is 6.16. The van der Waals surface area contributed by atoms with E-state index in [1.165, 1.54) is 11.3 Å². The third kappa shape index (κ3) is 2.12. The molecule has 0 spiro atoms. The summed E-state index contributed by atoms with van der Waals surface area (Å²) in [5, 5.41) is 7.73. The van der Waals surface area contributed by atoms with Gasteiger partial charge in [-0.3, -0.25) is 5.41 Å². The third-order valence-corrected chi connectivity index (χ3v) is 3.92. The van der Waals surface area contributed by atoms with Gasteiger partial charge in [-0.2, -0.15) is 0 Å². The Morgan fingerprint density at radius 1 is 1.16 bits per heavy atom. The molecule has 3 N–H and O–H groups in total. The Morgan fingerprint density at radius 2 is 1.95 bits per heavy atom. The number of halogens is 1. The van der Waals surface area contributed by atoms with E-state index >= 15 is 0 Å². The van der Waals surface area contributed by atoms with Crippen molar-refractivity contribution in [2.75, 3.05) is 11.4 Å². The Balaban J connectivity index is 2.13. The summed E-state index contributed by atoms with van der Waals surface area (Å²) in [6.45, 7) is 0.927. The van der Waals surface area contributed by atoms with Gasteiger partial charge in [0.25, 0.3) is 0 Å². The maximum absolute atomic E-state index is 7.73. The highest BCUT2D eigenvalue weighted by molar-refractivity contribution is 9.10. The van der Waals surface area contributed by atoms with E-state index in [1.54, 1.807) is 0 Å². The van der Waals surface area contributed by atoms with Gasteiger partial charge in [0.1, 0.15) is 5.84 Å². The molecule has 0 bridgehead atoms. The molecule has 1 heterocycles. The minimum atomic E-state index is 0.104. The first-order chi connectivity index (χ1) is 9.16. The molecule has 1 aliphatic rings. The molecule has 2 aromatic rings. The second kappa shape index (κ2) is 4.70. The summed E-state index contributed by atoms with van der Waals surface area (Å²) in [5.41, 5.74) is 10.0. The maximum atomic E-state index is 7.73. The molecule has 0 amide bonds. The van der Waals surface area contributed by atoms with Crippen molar-refractivity contribution in [1.82, 2.24) is 0 Å². The molecule has 0 radical (unpaired) electrons. The number of nitrogen functional groups attached to an aromatic ring is 1. The lowest BCUT2D eigenvalue weighted by atomic mass is 10.1. The SMILES string of the molecule is N=C(N)c1ccc(Br)cc1N1CCc2ccccc21. The van der Waals surface area contributed by atoms with Crippen LogP contribution in [0.25, 0.3) is 0 Å². The number of nitrogens with two attached hydrogens (primary N) is 1. The minimum Gasteiger partial charge on any atom is -0.384 e. The molecule has 96 valence electrons. The Labute approximate surface area is 120 Å². The highest BCUT2D eigenvalue weighted by atomic mass is 79.9. The zero-order chi connectivity index (χ0) is 13.4. The topological polar surface area (TPSA) is 53.1 Å². The Hall–Kier alpha value is -1.81. The highest BCUT2D eigenvalue weighted by Crippen LogP contribution is 2.37. The second-order valence-corrected chi connectivity index (χ2v) is 5.52. The lowest BCUT2D eigenvalue weighted by molar-refractivity contribution is 0.996. The molecule has 3 nitrogen and oxygen atoms in total. The van der Waals surface area contributed by atoms with Crippen molar-refractivity contribution in [1.29, 1.82) is 5.41 Å². The molecule has 2 aromatic carbocycles. The molecule has 0 aromatic heterocycles. The van der Waals surface area contributed by atoms with Crippen LogP contribution in [0.1, 0.15) is 11.1 Å². The van der Waals surface area contributed by atoms with E-state index in [4.69, 9.17) is 11.1 Å². The molecule has 19 heavy (non-hydrogen) atoms. The quantitative estimate of drug-likeness (QED) is 0.659. The molecule has 0 aliphatic carbocycles. The van der Waals surface area contributed by atoms with Crippen LogP contribution < -0.4 is 10.6 Å². The molecule has 1 aliphatic heterocycles. The van der Waals surface area contributed by atoms with Gasteiger partial charge >= 0.3 is 0 Å². The van der Waals surface area contributed by atoms with Gasteiger partial charge in [-0.15, -0.1) is 0 Å². The predicted octanol–water partition coefficient (Wildman–Crippen LogP) is 3.43. The Morgan fingerprint density at radius 3 is 2.74 bits per heavy atom. The number of para-hydroxylation sites is 1. The van der Waals surface area contributed by atoms with E-state index in [0.717, 1.165) is 28.7 Å². The lowest BCUT2D eigenvalue weighted by Gasteiger charge is -2.22. The fraction of sp³-hybridized carbons (Fsp3) is 0.133. The van der Waals surface area contributed by atoms with E-state index in [2.05, 4.69) is 39.0 Å². The van der Waals surface area contributed by atoms with Crippen molar-refractivity contribution < 1.29 is 0 Å². The number of nitrogens with zero attached hydrogens (tertiary/aromatic N) is 1. The van der Waals surface area contributed by atoms with Crippen molar-refractivity contribution in [2.24, 2.45) is 5.73 Å². The van der Waals surface area contributed by atoms with Crippen LogP contribution in [0.2, 0.25) is 0 Å². The van der Waals surface area contributed by atoms with Gasteiger partial charge in [0.05, 0.1) is 5.69 Å². The summed E-state index contributed by atoms with van der Waals surface area (Å²) in [5.74, 6) is 0.104. The number of benzene rings is 2. The third-order valence-electron chi connectivity index (χ3n) is 3.43. The van der Waals surface area contributed by atoms with Crippen LogP contribution >= 0.6 is 15.9 Å². The van der Waals surface area contributed by atoms with E-state index in [-0.39, 0.29) is 5.84 Å². The molecule has 0 saturated heterocycles. The molecule has 4 heteroatoms. The van der Waals surface area contributed by atoms with Crippen LogP contribution in [-0.2, 0) is 6.42 Å². The maximum Gasteiger partial charge on any atom is 0.124 e. The molecule has 0 unspecified atom stereocenters. The monoisotopic (exact) mass is 315 g/mol. The number of rotatable bonds is 2. The zero-order valence-electron chi connectivity index (χ0n) is 10.4. The first-order valence-corrected chi connectivity index (χ1v) is 6.95. The van der Waals surface area contributed by atoms with E-state index in [9.17, 15) is 0 Å². The van der Waals surface area contributed by atoms with Gasteiger partial charge in [-0.25, -0.2) is 0 Å². The number of fused-ring (bicyclic) bond motifs is 1. The van der Waals surface area contributed by atoms with Crippen molar-refractivity contribution in [3.63, 3.8) is 0 Å². The fourth-order valence-electron chi connectivity index (χ4n) is 2.54. The summed E-state index contributed by atoms with van der Waals surface area (Å²) in [6.07, 6.45) is 1.03. The standard InChI is InChI=1S/C15H14BrN3/c16-11-5-6-12(15(17)18)14(9-11)19-8-7-10-3-1-2-4-13(10)19/h1-6,9H,7-8H2,(H3,17,18). The lowest BCUT2D eigenvalue weighted by Crippen LogP contribution is -2.20. The van der Waals surface area contributed by atoms with Crippen LogP contribution in [0.15, 0.2) is 46.9 Å². The number of anilines is 2. The molecule has 0 fully saturated rings.